The van der Waals surface area contributed by atoms with Gasteiger partial charge in [0.2, 0.25) is 0 Å². The third-order valence-corrected chi connectivity index (χ3v) is 5.63. The van der Waals surface area contributed by atoms with Crippen molar-refractivity contribution in [2.24, 2.45) is 5.73 Å². The van der Waals surface area contributed by atoms with Crippen molar-refractivity contribution in [2.45, 2.75) is 32.7 Å². The van der Waals surface area contributed by atoms with Crippen LogP contribution in [-0.2, 0) is 28.9 Å². The van der Waals surface area contributed by atoms with Crippen molar-refractivity contribution in [3.8, 4) is 11.1 Å². The molecule has 3 aromatic rings. The molecule has 0 radical (unpaired) electrons. The number of thiophene rings is 1. The molecule has 0 aliphatic carbocycles. The molecule has 146 valence electrons. The van der Waals surface area contributed by atoms with Crippen LogP contribution < -0.4 is 5.73 Å². The van der Waals surface area contributed by atoms with Crippen LogP contribution in [0.2, 0.25) is 0 Å². The zero-order chi connectivity index (χ0) is 20.1. The zero-order valence-electron chi connectivity index (χ0n) is 16.1. The van der Waals surface area contributed by atoms with E-state index in [2.05, 4.69) is 16.7 Å². The summed E-state index contributed by atoms with van der Waals surface area (Å²) in [5.74, 6) is -0.721. The first-order chi connectivity index (χ1) is 13.5. The predicted octanol–water partition coefficient (Wildman–Crippen LogP) is 3.97. The first-order valence-electron chi connectivity index (χ1n) is 9.18. The Morgan fingerprint density at radius 2 is 1.89 bits per heavy atom. The highest BCUT2D eigenvalue weighted by molar-refractivity contribution is 7.08. The number of ether oxygens (including phenoxy) is 1. The van der Waals surface area contributed by atoms with Crippen molar-refractivity contribution in [1.82, 2.24) is 4.57 Å². The zero-order valence-corrected chi connectivity index (χ0v) is 16.9. The molecule has 0 saturated heterocycles. The Morgan fingerprint density at radius 1 is 1.14 bits per heavy atom. The second-order valence-electron chi connectivity index (χ2n) is 6.62. The maximum Gasteiger partial charge on any atom is 0.305 e. The molecule has 6 heteroatoms. The van der Waals surface area contributed by atoms with Gasteiger partial charge < -0.3 is 15.0 Å². The molecule has 0 unspecified atom stereocenters. The van der Waals surface area contributed by atoms with Crippen molar-refractivity contribution in [3.63, 3.8) is 0 Å². The fourth-order valence-corrected chi connectivity index (χ4v) is 4.23. The van der Waals surface area contributed by atoms with Crippen LogP contribution in [0.5, 0.6) is 0 Å². The number of aryl methyl sites for hydroxylation is 1. The highest BCUT2D eigenvalue weighted by Gasteiger charge is 2.25. The van der Waals surface area contributed by atoms with E-state index in [9.17, 15) is 9.59 Å². The Kier molecular flexibility index (Phi) is 6.31. The number of nitrogens with zero attached hydrogens (tertiary/aromatic N) is 1. The van der Waals surface area contributed by atoms with Crippen LogP contribution in [0.25, 0.3) is 11.1 Å². The molecule has 1 amide bonds. The summed E-state index contributed by atoms with van der Waals surface area (Å²) in [5, 5.41) is 3.98. The molecule has 1 aromatic carbocycles. The number of methoxy groups -OCH3 is 1. The standard InChI is InChI=1S/C22H24N2O3S/c1-15-20(22(23)26)21(17-11-13-28-14-17)18(8-9-19(25)27-2)24(15)12-10-16-6-4-3-5-7-16/h3-7,11,13-14H,8-10,12H2,1-2H3,(H2,23,26). The van der Waals surface area contributed by atoms with E-state index in [0.29, 0.717) is 18.5 Å². The lowest BCUT2D eigenvalue weighted by molar-refractivity contribution is -0.140. The number of amides is 1. The van der Waals surface area contributed by atoms with Crippen LogP contribution in [-0.4, -0.2) is 23.6 Å². The fraction of sp³-hybridized carbons (Fsp3) is 0.273. The van der Waals surface area contributed by atoms with Gasteiger partial charge in [-0.25, -0.2) is 0 Å². The van der Waals surface area contributed by atoms with Gasteiger partial charge in [-0.15, -0.1) is 0 Å². The number of carbonyl (C=O) groups excluding carboxylic acids is 2. The molecule has 2 heterocycles. The van der Waals surface area contributed by atoms with E-state index in [1.165, 1.54) is 12.7 Å². The van der Waals surface area contributed by atoms with E-state index in [4.69, 9.17) is 10.5 Å². The highest BCUT2D eigenvalue weighted by atomic mass is 32.1. The van der Waals surface area contributed by atoms with E-state index in [-0.39, 0.29) is 12.4 Å². The van der Waals surface area contributed by atoms with Gasteiger partial charge in [-0.05, 0) is 47.7 Å². The second-order valence-corrected chi connectivity index (χ2v) is 7.40. The van der Waals surface area contributed by atoms with Crippen LogP contribution >= 0.6 is 11.3 Å². The summed E-state index contributed by atoms with van der Waals surface area (Å²) < 4.78 is 6.95. The first-order valence-corrected chi connectivity index (χ1v) is 10.1. The molecule has 3 rings (SSSR count). The molecule has 0 fully saturated rings. The molecule has 0 aliphatic heterocycles. The Morgan fingerprint density at radius 3 is 2.50 bits per heavy atom. The minimum Gasteiger partial charge on any atom is -0.469 e. The van der Waals surface area contributed by atoms with E-state index in [1.807, 2.05) is 41.9 Å². The highest BCUT2D eigenvalue weighted by Crippen LogP contribution is 2.35. The van der Waals surface area contributed by atoms with Gasteiger partial charge in [0.05, 0.1) is 19.1 Å². The molecule has 28 heavy (non-hydrogen) atoms. The van der Waals surface area contributed by atoms with Gasteiger partial charge in [0.1, 0.15) is 0 Å². The van der Waals surface area contributed by atoms with Crippen LogP contribution in [0.4, 0.5) is 0 Å². The lowest BCUT2D eigenvalue weighted by atomic mass is 10.0. The number of carbonyl (C=O) groups is 2. The van der Waals surface area contributed by atoms with E-state index >= 15 is 0 Å². The van der Waals surface area contributed by atoms with E-state index in [1.54, 1.807) is 11.3 Å². The molecule has 0 saturated carbocycles. The Labute approximate surface area is 168 Å². The smallest absolute Gasteiger partial charge is 0.305 e. The number of hydrogen-bond acceptors (Lipinski definition) is 4. The largest absolute Gasteiger partial charge is 0.469 e. The summed E-state index contributed by atoms with van der Waals surface area (Å²) in [6, 6.07) is 12.2. The van der Waals surface area contributed by atoms with Crippen molar-refractivity contribution in [2.75, 3.05) is 7.11 Å². The molecule has 2 N–H and O–H groups in total. The number of primary amides is 1. The molecule has 0 spiro atoms. The van der Waals surface area contributed by atoms with Gasteiger partial charge in [0, 0.05) is 23.5 Å². The fourth-order valence-electron chi connectivity index (χ4n) is 3.59. The number of aromatic nitrogens is 1. The second kappa shape index (κ2) is 8.89. The van der Waals surface area contributed by atoms with Crippen LogP contribution in [0.15, 0.2) is 47.2 Å². The van der Waals surface area contributed by atoms with E-state index in [0.717, 1.165) is 28.9 Å². The number of rotatable bonds is 8. The molecule has 0 bridgehead atoms. The average molecular weight is 397 g/mol. The summed E-state index contributed by atoms with van der Waals surface area (Å²) in [7, 11) is 1.39. The van der Waals surface area contributed by atoms with Crippen LogP contribution in [0.3, 0.4) is 0 Å². The number of nitrogens with two attached hydrogens (primary N) is 1. The topological polar surface area (TPSA) is 74.3 Å². The number of benzene rings is 1. The van der Waals surface area contributed by atoms with Crippen molar-refractivity contribution < 1.29 is 14.3 Å². The summed E-state index contributed by atoms with van der Waals surface area (Å²) in [6.07, 6.45) is 1.56. The lowest BCUT2D eigenvalue weighted by Crippen LogP contribution is -2.14. The summed E-state index contributed by atoms with van der Waals surface area (Å²) in [6.45, 7) is 2.62. The Hall–Kier alpha value is -2.86. The maximum atomic E-state index is 12.3. The number of esters is 1. The van der Waals surface area contributed by atoms with Crippen LogP contribution in [0.1, 0.15) is 33.7 Å². The van der Waals surface area contributed by atoms with Crippen LogP contribution in [0, 0.1) is 6.92 Å². The molecule has 0 aliphatic rings. The number of hydrogen-bond donors (Lipinski definition) is 1. The lowest BCUT2D eigenvalue weighted by Gasteiger charge is -2.13. The maximum absolute atomic E-state index is 12.3. The molecular weight excluding hydrogens is 372 g/mol. The minimum atomic E-state index is -0.448. The molecular formula is C22H24N2O3S. The molecule has 5 nitrogen and oxygen atoms in total. The first kappa shape index (κ1) is 19.9. The van der Waals surface area contributed by atoms with Gasteiger partial charge in [-0.1, -0.05) is 30.3 Å². The molecule has 2 aromatic heterocycles. The minimum absolute atomic E-state index is 0.251. The molecule has 0 atom stereocenters. The normalized spacial score (nSPS) is 10.8. The van der Waals surface area contributed by atoms with Gasteiger partial charge in [0.15, 0.2) is 0 Å². The third kappa shape index (κ3) is 4.17. The predicted molar refractivity (Wildman–Crippen MR) is 111 cm³/mol. The third-order valence-electron chi connectivity index (χ3n) is 4.95. The summed E-state index contributed by atoms with van der Waals surface area (Å²) in [5.41, 5.74) is 11.1. The van der Waals surface area contributed by atoms with Gasteiger partial charge in [-0.3, -0.25) is 9.59 Å². The Bertz CT molecular complexity index is 960. The van der Waals surface area contributed by atoms with Crippen molar-refractivity contribution in [1.29, 1.82) is 0 Å². The van der Waals surface area contributed by atoms with Crippen molar-refractivity contribution >= 4 is 23.2 Å². The quantitative estimate of drug-likeness (QED) is 0.586. The van der Waals surface area contributed by atoms with Gasteiger partial charge in [0.25, 0.3) is 5.91 Å². The van der Waals surface area contributed by atoms with Crippen molar-refractivity contribution in [3.05, 3.63) is 69.7 Å². The SMILES string of the molecule is COC(=O)CCc1c(-c2ccsc2)c(C(N)=O)c(C)n1CCc1ccccc1. The summed E-state index contributed by atoms with van der Waals surface area (Å²) >= 11 is 1.56. The summed E-state index contributed by atoms with van der Waals surface area (Å²) in [4.78, 5) is 24.1. The Balaban J connectivity index is 2.06. The monoisotopic (exact) mass is 396 g/mol. The van der Waals surface area contributed by atoms with Gasteiger partial charge in [-0.2, -0.15) is 11.3 Å². The van der Waals surface area contributed by atoms with E-state index < -0.39 is 5.91 Å². The van der Waals surface area contributed by atoms with Gasteiger partial charge >= 0.3 is 5.97 Å². The average Bonchev–Trinajstić information content (AvgIpc) is 3.31.